The van der Waals surface area contributed by atoms with Gasteiger partial charge in [-0.3, -0.25) is 9.59 Å². The van der Waals surface area contributed by atoms with Gasteiger partial charge in [-0.25, -0.2) is 0 Å². The molecule has 0 saturated heterocycles. The van der Waals surface area contributed by atoms with Crippen LogP contribution in [0.3, 0.4) is 0 Å². The minimum Gasteiger partial charge on any atom is -0.484 e. The number of hydrogen-bond acceptors (Lipinski definition) is 3. The first-order valence-corrected chi connectivity index (χ1v) is 12.3. The zero-order chi connectivity index (χ0) is 25.2. The van der Waals surface area contributed by atoms with Crippen LogP contribution in [-0.2, 0) is 22.6 Å². The van der Waals surface area contributed by atoms with Gasteiger partial charge in [0.05, 0.1) is 0 Å². The summed E-state index contributed by atoms with van der Waals surface area (Å²) in [6, 6.07) is 23.9. The molecule has 0 fully saturated rings. The average Bonchev–Trinajstić information content (AvgIpc) is 2.86. The fraction of sp³-hybridized carbons (Fsp3) is 0.310. The van der Waals surface area contributed by atoms with Gasteiger partial charge in [-0.05, 0) is 55.7 Å². The molecule has 184 valence electrons. The maximum atomic E-state index is 13.6. The molecule has 3 aromatic carbocycles. The van der Waals surface area contributed by atoms with Crippen molar-refractivity contribution in [1.29, 1.82) is 0 Å². The van der Waals surface area contributed by atoms with Gasteiger partial charge in [0.25, 0.3) is 5.91 Å². The molecule has 0 radical (unpaired) electrons. The first-order chi connectivity index (χ1) is 16.9. The third-order valence-corrected chi connectivity index (χ3v) is 6.14. The van der Waals surface area contributed by atoms with E-state index in [0.29, 0.717) is 23.7 Å². The van der Waals surface area contributed by atoms with E-state index in [9.17, 15) is 9.59 Å². The molecule has 6 heteroatoms. The van der Waals surface area contributed by atoms with E-state index < -0.39 is 6.04 Å². The van der Waals surface area contributed by atoms with Gasteiger partial charge in [-0.1, -0.05) is 78.7 Å². The number of benzene rings is 3. The molecule has 2 amide bonds. The van der Waals surface area contributed by atoms with E-state index in [1.807, 2.05) is 75.4 Å². The molecule has 0 aliphatic heterocycles. The summed E-state index contributed by atoms with van der Waals surface area (Å²) in [6.45, 7) is 6.11. The summed E-state index contributed by atoms with van der Waals surface area (Å²) in [7, 11) is 0. The summed E-state index contributed by atoms with van der Waals surface area (Å²) < 4.78 is 5.77. The van der Waals surface area contributed by atoms with Crippen molar-refractivity contribution < 1.29 is 14.3 Å². The van der Waals surface area contributed by atoms with Crippen molar-refractivity contribution in [3.63, 3.8) is 0 Å². The van der Waals surface area contributed by atoms with Crippen LogP contribution in [0.15, 0.2) is 78.9 Å². The second-order valence-corrected chi connectivity index (χ2v) is 9.21. The van der Waals surface area contributed by atoms with Gasteiger partial charge in [-0.15, -0.1) is 0 Å². The highest BCUT2D eigenvalue weighted by molar-refractivity contribution is 6.30. The van der Waals surface area contributed by atoms with Crippen LogP contribution in [0, 0.1) is 6.92 Å². The number of carbonyl (C=O) groups is 2. The van der Waals surface area contributed by atoms with E-state index in [1.54, 1.807) is 29.2 Å². The summed E-state index contributed by atoms with van der Waals surface area (Å²) in [5.74, 6) is 0.110. The molecule has 0 saturated carbocycles. The zero-order valence-corrected chi connectivity index (χ0v) is 21.3. The quantitative estimate of drug-likeness (QED) is 0.380. The Bertz CT molecular complexity index is 1100. The largest absolute Gasteiger partial charge is 0.484 e. The summed E-state index contributed by atoms with van der Waals surface area (Å²) in [4.78, 5) is 28.7. The van der Waals surface area contributed by atoms with Gasteiger partial charge >= 0.3 is 0 Å². The lowest BCUT2D eigenvalue weighted by Gasteiger charge is -2.32. The molecule has 0 spiro atoms. The number of nitrogens with zero attached hydrogens (tertiary/aromatic N) is 1. The van der Waals surface area contributed by atoms with Crippen molar-refractivity contribution >= 4 is 23.4 Å². The monoisotopic (exact) mass is 492 g/mol. The standard InChI is InChI=1S/C29H33ClN2O3/c1-4-22(3)31-29(34)27(18-23-10-6-5-7-11-23)32(19-24-12-8-9-21(2)17-24)28(33)20-35-26-15-13-25(30)14-16-26/h5-17,22,27H,4,18-20H2,1-3H3,(H,31,34)/t22-,27-/m1/s1. The van der Waals surface area contributed by atoms with Crippen molar-refractivity contribution in [2.24, 2.45) is 0 Å². The number of hydrogen-bond donors (Lipinski definition) is 1. The van der Waals surface area contributed by atoms with Crippen LogP contribution in [0.1, 0.15) is 37.0 Å². The Balaban J connectivity index is 1.90. The highest BCUT2D eigenvalue weighted by Gasteiger charge is 2.31. The Kier molecular flexibility index (Phi) is 9.74. The third kappa shape index (κ3) is 8.15. The number of carbonyl (C=O) groups excluding carboxylic acids is 2. The van der Waals surface area contributed by atoms with Crippen LogP contribution < -0.4 is 10.1 Å². The summed E-state index contributed by atoms with van der Waals surface area (Å²) in [5, 5.41) is 3.67. The number of nitrogens with one attached hydrogen (secondary N) is 1. The first-order valence-electron chi connectivity index (χ1n) is 11.9. The van der Waals surface area contributed by atoms with Crippen LogP contribution >= 0.6 is 11.6 Å². The topological polar surface area (TPSA) is 58.6 Å². The summed E-state index contributed by atoms with van der Waals surface area (Å²) in [6.07, 6.45) is 1.21. The van der Waals surface area contributed by atoms with Crippen LogP contribution in [0.2, 0.25) is 5.02 Å². The van der Waals surface area contributed by atoms with E-state index in [2.05, 4.69) is 5.32 Å². The lowest BCUT2D eigenvalue weighted by Crippen LogP contribution is -2.53. The summed E-state index contributed by atoms with van der Waals surface area (Å²) >= 11 is 5.96. The minimum atomic E-state index is -0.687. The molecule has 0 aromatic heterocycles. The molecule has 3 aromatic rings. The molecule has 35 heavy (non-hydrogen) atoms. The molecular weight excluding hydrogens is 460 g/mol. The molecule has 5 nitrogen and oxygen atoms in total. The number of rotatable bonds is 11. The van der Waals surface area contributed by atoms with Crippen molar-refractivity contribution in [3.8, 4) is 5.75 Å². The number of aryl methyl sites for hydroxylation is 1. The fourth-order valence-electron chi connectivity index (χ4n) is 3.76. The van der Waals surface area contributed by atoms with Gasteiger partial charge < -0.3 is 15.0 Å². The van der Waals surface area contributed by atoms with Crippen LogP contribution in [0.25, 0.3) is 0 Å². The number of halogens is 1. The summed E-state index contributed by atoms with van der Waals surface area (Å²) in [5.41, 5.74) is 3.03. The molecule has 3 rings (SSSR count). The average molecular weight is 493 g/mol. The van der Waals surface area contributed by atoms with Crippen LogP contribution in [-0.4, -0.2) is 35.4 Å². The van der Waals surface area contributed by atoms with E-state index >= 15 is 0 Å². The van der Waals surface area contributed by atoms with Gasteiger partial charge in [-0.2, -0.15) is 0 Å². The Hall–Kier alpha value is -3.31. The fourth-order valence-corrected chi connectivity index (χ4v) is 3.89. The third-order valence-electron chi connectivity index (χ3n) is 5.88. The molecular formula is C29H33ClN2O3. The van der Waals surface area contributed by atoms with Crippen molar-refractivity contribution in [2.75, 3.05) is 6.61 Å². The Labute approximate surface area is 213 Å². The molecule has 0 aliphatic carbocycles. The van der Waals surface area contributed by atoms with E-state index in [0.717, 1.165) is 23.1 Å². The Morgan fingerprint density at radius 3 is 2.31 bits per heavy atom. The second-order valence-electron chi connectivity index (χ2n) is 8.78. The maximum absolute atomic E-state index is 13.6. The van der Waals surface area contributed by atoms with Crippen molar-refractivity contribution in [3.05, 3.63) is 101 Å². The van der Waals surface area contributed by atoms with Crippen LogP contribution in [0.5, 0.6) is 5.75 Å². The minimum absolute atomic E-state index is 0.00186. The van der Waals surface area contributed by atoms with Gasteiger partial charge in [0.2, 0.25) is 5.91 Å². The molecule has 1 N–H and O–H groups in total. The first kappa shape index (κ1) is 26.3. The Morgan fingerprint density at radius 1 is 0.971 bits per heavy atom. The lowest BCUT2D eigenvalue weighted by molar-refractivity contribution is -0.143. The van der Waals surface area contributed by atoms with Gasteiger partial charge in [0.1, 0.15) is 11.8 Å². The molecule has 2 atom stereocenters. The van der Waals surface area contributed by atoms with Gasteiger partial charge in [0.15, 0.2) is 6.61 Å². The highest BCUT2D eigenvalue weighted by Crippen LogP contribution is 2.18. The van der Waals surface area contributed by atoms with Crippen molar-refractivity contribution in [2.45, 2.75) is 52.2 Å². The molecule has 0 heterocycles. The molecule has 0 aliphatic rings. The second kappa shape index (κ2) is 13.0. The number of ether oxygens (including phenoxy) is 1. The van der Waals surface area contributed by atoms with E-state index in [-0.39, 0.29) is 24.5 Å². The smallest absolute Gasteiger partial charge is 0.261 e. The highest BCUT2D eigenvalue weighted by atomic mass is 35.5. The maximum Gasteiger partial charge on any atom is 0.261 e. The SMILES string of the molecule is CC[C@@H](C)NC(=O)[C@@H](Cc1ccccc1)N(Cc1cccc(C)c1)C(=O)COc1ccc(Cl)cc1. The molecule has 0 unspecified atom stereocenters. The predicted molar refractivity (Wildman–Crippen MR) is 141 cm³/mol. The van der Waals surface area contributed by atoms with Crippen molar-refractivity contribution in [1.82, 2.24) is 10.2 Å². The number of amides is 2. The zero-order valence-electron chi connectivity index (χ0n) is 20.5. The van der Waals surface area contributed by atoms with E-state index in [1.165, 1.54) is 0 Å². The Morgan fingerprint density at radius 2 is 1.66 bits per heavy atom. The normalized spacial score (nSPS) is 12.5. The van der Waals surface area contributed by atoms with E-state index in [4.69, 9.17) is 16.3 Å². The molecule has 0 bridgehead atoms. The van der Waals surface area contributed by atoms with Gasteiger partial charge in [0, 0.05) is 24.0 Å². The predicted octanol–water partition coefficient (Wildman–Crippen LogP) is 5.58. The van der Waals surface area contributed by atoms with Crippen LogP contribution in [0.4, 0.5) is 0 Å². The lowest BCUT2D eigenvalue weighted by atomic mass is 10.0.